The summed E-state index contributed by atoms with van der Waals surface area (Å²) in [4.78, 5) is 13.6. The minimum atomic E-state index is -0.0683. The lowest BCUT2D eigenvalue weighted by atomic mass is 10.1. The Balaban J connectivity index is 2.34. The Labute approximate surface area is 95.9 Å². The molecule has 0 saturated carbocycles. The lowest BCUT2D eigenvalue weighted by molar-refractivity contribution is -0.125. The molecule has 0 aromatic heterocycles. The first-order chi connectivity index (χ1) is 7.17. The van der Waals surface area contributed by atoms with Crippen molar-refractivity contribution in [3.8, 4) is 0 Å². The van der Waals surface area contributed by atoms with E-state index < -0.39 is 0 Å². The van der Waals surface area contributed by atoms with Gasteiger partial charge in [0.05, 0.1) is 0 Å². The molecule has 0 aromatic rings. The van der Waals surface area contributed by atoms with Crippen LogP contribution in [0.3, 0.4) is 0 Å². The molecule has 0 radical (unpaired) electrons. The van der Waals surface area contributed by atoms with Crippen molar-refractivity contribution in [3.63, 3.8) is 0 Å². The Morgan fingerprint density at radius 3 is 3.07 bits per heavy atom. The van der Waals surface area contributed by atoms with E-state index in [1.165, 1.54) is 12.2 Å². The standard InChI is InChI=1S/C10H21N3OS/c1-3-9-7-13(4-5-15-9)6-8(2)10(14)12-11/h8-9H,3-7,11H2,1-2H3,(H,12,14). The second-order valence-electron chi connectivity index (χ2n) is 4.07. The number of rotatable bonds is 4. The van der Waals surface area contributed by atoms with Crippen molar-refractivity contribution >= 4 is 17.7 Å². The maximum atomic E-state index is 11.3. The molecular formula is C10H21N3OS. The van der Waals surface area contributed by atoms with Crippen LogP contribution in [0, 0.1) is 5.92 Å². The molecule has 0 spiro atoms. The van der Waals surface area contributed by atoms with Crippen LogP contribution in [0.2, 0.25) is 0 Å². The van der Waals surface area contributed by atoms with Gasteiger partial charge >= 0.3 is 0 Å². The zero-order valence-electron chi connectivity index (χ0n) is 9.53. The average molecular weight is 231 g/mol. The predicted molar refractivity (Wildman–Crippen MR) is 64.5 cm³/mol. The lowest BCUT2D eigenvalue weighted by Crippen LogP contribution is -2.44. The Morgan fingerprint density at radius 1 is 1.73 bits per heavy atom. The summed E-state index contributed by atoms with van der Waals surface area (Å²) in [7, 11) is 0. The van der Waals surface area contributed by atoms with Gasteiger partial charge in [-0.05, 0) is 6.42 Å². The maximum Gasteiger partial charge on any atom is 0.237 e. The lowest BCUT2D eigenvalue weighted by Gasteiger charge is -2.33. The molecule has 88 valence electrons. The Morgan fingerprint density at radius 2 is 2.47 bits per heavy atom. The summed E-state index contributed by atoms with van der Waals surface area (Å²) >= 11 is 2.04. The van der Waals surface area contributed by atoms with Gasteiger partial charge in [0.15, 0.2) is 0 Å². The molecular weight excluding hydrogens is 210 g/mol. The third-order valence-corrected chi connectivity index (χ3v) is 4.17. The molecule has 1 rings (SSSR count). The third kappa shape index (κ3) is 4.01. The summed E-state index contributed by atoms with van der Waals surface area (Å²) < 4.78 is 0. The first kappa shape index (κ1) is 12.8. The monoisotopic (exact) mass is 231 g/mol. The number of nitrogens with two attached hydrogens (primary N) is 1. The topological polar surface area (TPSA) is 58.4 Å². The van der Waals surface area contributed by atoms with E-state index in [0.717, 1.165) is 24.9 Å². The van der Waals surface area contributed by atoms with Crippen molar-refractivity contribution in [1.82, 2.24) is 10.3 Å². The van der Waals surface area contributed by atoms with Crippen molar-refractivity contribution in [3.05, 3.63) is 0 Å². The highest BCUT2D eigenvalue weighted by molar-refractivity contribution is 8.00. The van der Waals surface area contributed by atoms with Crippen LogP contribution >= 0.6 is 11.8 Å². The number of hydrazine groups is 1. The quantitative estimate of drug-likeness (QED) is 0.419. The number of nitrogens with zero attached hydrogens (tertiary/aromatic N) is 1. The van der Waals surface area contributed by atoms with Gasteiger partial charge < -0.3 is 4.90 Å². The second-order valence-corrected chi connectivity index (χ2v) is 5.48. The van der Waals surface area contributed by atoms with Gasteiger partial charge in [-0.3, -0.25) is 10.2 Å². The third-order valence-electron chi connectivity index (χ3n) is 2.80. The van der Waals surface area contributed by atoms with E-state index in [1.807, 2.05) is 18.7 Å². The summed E-state index contributed by atoms with van der Waals surface area (Å²) in [5.74, 6) is 6.20. The predicted octanol–water partition coefficient (Wildman–Crippen LogP) is 0.440. The van der Waals surface area contributed by atoms with Crippen LogP contribution in [0.1, 0.15) is 20.3 Å². The summed E-state index contributed by atoms with van der Waals surface area (Å²) in [6, 6.07) is 0. The van der Waals surface area contributed by atoms with Crippen LogP contribution in [0.4, 0.5) is 0 Å². The largest absolute Gasteiger partial charge is 0.301 e. The zero-order valence-corrected chi connectivity index (χ0v) is 10.3. The number of carbonyl (C=O) groups excluding carboxylic acids is 1. The minimum Gasteiger partial charge on any atom is -0.301 e. The average Bonchev–Trinajstić information content (AvgIpc) is 2.28. The molecule has 1 aliphatic rings. The molecule has 1 heterocycles. The van der Waals surface area contributed by atoms with E-state index in [-0.39, 0.29) is 11.8 Å². The van der Waals surface area contributed by atoms with Gasteiger partial charge in [-0.25, -0.2) is 5.84 Å². The Hall–Kier alpha value is -0.260. The molecule has 2 unspecified atom stereocenters. The molecule has 5 heteroatoms. The highest BCUT2D eigenvalue weighted by Gasteiger charge is 2.22. The number of hydrogen-bond acceptors (Lipinski definition) is 4. The van der Waals surface area contributed by atoms with Gasteiger partial charge in [-0.15, -0.1) is 0 Å². The number of amides is 1. The molecule has 2 atom stereocenters. The van der Waals surface area contributed by atoms with Crippen molar-refractivity contribution in [2.75, 3.05) is 25.4 Å². The van der Waals surface area contributed by atoms with Crippen LogP contribution in [0.15, 0.2) is 0 Å². The van der Waals surface area contributed by atoms with Crippen LogP contribution in [0.5, 0.6) is 0 Å². The second kappa shape index (κ2) is 6.35. The maximum absolute atomic E-state index is 11.3. The molecule has 15 heavy (non-hydrogen) atoms. The molecule has 4 nitrogen and oxygen atoms in total. The van der Waals surface area contributed by atoms with Crippen molar-refractivity contribution in [2.24, 2.45) is 11.8 Å². The van der Waals surface area contributed by atoms with Crippen molar-refractivity contribution in [1.29, 1.82) is 0 Å². The molecule has 0 aromatic carbocycles. The first-order valence-electron chi connectivity index (χ1n) is 5.51. The van der Waals surface area contributed by atoms with Crippen LogP contribution in [0.25, 0.3) is 0 Å². The van der Waals surface area contributed by atoms with Crippen LogP contribution in [-0.4, -0.2) is 41.4 Å². The summed E-state index contributed by atoms with van der Waals surface area (Å²) in [6.07, 6.45) is 1.21. The Kier molecular flexibility index (Phi) is 5.42. The van der Waals surface area contributed by atoms with Gasteiger partial charge in [0.1, 0.15) is 0 Å². The van der Waals surface area contributed by atoms with Gasteiger partial charge in [0, 0.05) is 36.6 Å². The number of hydrogen-bond donors (Lipinski definition) is 2. The van der Waals surface area contributed by atoms with Gasteiger partial charge in [-0.1, -0.05) is 13.8 Å². The molecule has 1 saturated heterocycles. The van der Waals surface area contributed by atoms with Crippen LogP contribution < -0.4 is 11.3 Å². The van der Waals surface area contributed by atoms with Gasteiger partial charge in [0.25, 0.3) is 0 Å². The van der Waals surface area contributed by atoms with E-state index in [9.17, 15) is 4.79 Å². The molecule has 0 aliphatic carbocycles. The fourth-order valence-electron chi connectivity index (χ4n) is 1.81. The van der Waals surface area contributed by atoms with Crippen LogP contribution in [-0.2, 0) is 4.79 Å². The van der Waals surface area contributed by atoms with E-state index in [1.54, 1.807) is 0 Å². The molecule has 1 amide bonds. The highest BCUT2D eigenvalue weighted by Crippen LogP contribution is 2.21. The molecule has 1 aliphatic heterocycles. The van der Waals surface area contributed by atoms with Crippen molar-refractivity contribution < 1.29 is 4.79 Å². The van der Waals surface area contributed by atoms with E-state index in [4.69, 9.17) is 5.84 Å². The zero-order chi connectivity index (χ0) is 11.3. The molecule has 1 fully saturated rings. The normalized spacial score (nSPS) is 24.9. The number of carbonyl (C=O) groups is 1. The Bertz CT molecular complexity index is 213. The van der Waals surface area contributed by atoms with Crippen molar-refractivity contribution in [2.45, 2.75) is 25.5 Å². The van der Waals surface area contributed by atoms with E-state index in [0.29, 0.717) is 0 Å². The summed E-state index contributed by atoms with van der Waals surface area (Å²) in [6.45, 7) is 7.15. The number of nitrogens with one attached hydrogen (secondary N) is 1. The van der Waals surface area contributed by atoms with E-state index >= 15 is 0 Å². The SMILES string of the molecule is CCC1CN(CC(C)C(=O)NN)CCS1. The summed E-state index contributed by atoms with van der Waals surface area (Å²) in [5, 5.41) is 0.729. The molecule has 0 bridgehead atoms. The molecule has 3 N–H and O–H groups in total. The number of thioether (sulfide) groups is 1. The summed E-state index contributed by atoms with van der Waals surface area (Å²) in [5.41, 5.74) is 2.21. The highest BCUT2D eigenvalue weighted by atomic mass is 32.2. The first-order valence-corrected chi connectivity index (χ1v) is 6.56. The minimum absolute atomic E-state index is 0.0180. The fourth-order valence-corrected chi connectivity index (χ4v) is 3.05. The van der Waals surface area contributed by atoms with Gasteiger partial charge in [0.2, 0.25) is 5.91 Å². The van der Waals surface area contributed by atoms with Gasteiger partial charge in [-0.2, -0.15) is 11.8 Å². The smallest absolute Gasteiger partial charge is 0.237 e. The fraction of sp³-hybridized carbons (Fsp3) is 0.900. The van der Waals surface area contributed by atoms with E-state index in [2.05, 4.69) is 17.2 Å².